The molecule has 152 valence electrons. The zero-order chi connectivity index (χ0) is 20.7. The monoisotopic (exact) mass is 392 g/mol. The molecule has 0 radical (unpaired) electrons. The lowest BCUT2D eigenvalue weighted by Gasteiger charge is -2.25. The van der Waals surface area contributed by atoms with E-state index in [-0.39, 0.29) is 12.3 Å². The summed E-state index contributed by atoms with van der Waals surface area (Å²) >= 11 is 0. The summed E-state index contributed by atoms with van der Waals surface area (Å²) in [6, 6.07) is 6.02. The number of methoxy groups -OCH3 is 1. The summed E-state index contributed by atoms with van der Waals surface area (Å²) in [4.78, 5) is 47.7. The summed E-state index contributed by atoms with van der Waals surface area (Å²) in [5.41, 5.74) is 0.524. The van der Waals surface area contributed by atoms with Gasteiger partial charge in [0.15, 0.2) is 12.7 Å². The summed E-state index contributed by atoms with van der Waals surface area (Å²) in [5, 5.41) is 5.12. The topological polar surface area (TPSA) is 120 Å². The molecule has 0 fully saturated rings. The predicted octanol–water partition coefficient (Wildman–Crippen LogP) is 1.02. The molecule has 1 aromatic carbocycles. The highest BCUT2D eigenvalue weighted by molar-refractivity contribution is 5.99. The molecule has 0 aliphatic carbocycles. The lowest BCUT2D eigenvalue weighted by atomic mass is 10.0. The highest BCUT2D eigenvalue weighted by Gasteiger charge is 2.30. The van der Waals surface area contributed by atoms with Gasteiger partial charge in [0, 0.05) is 0 Å². The number of carbonyl (C=O) groups is 4. The van der Waals surface area contributed by atoms with Crippen LogP contribution in [-0.4, -0.2) is 49.6 Å². The van der Waals surface area contributed by atoms with Gasteiger partial charge in [0.1, 0.15) is 11.8 Å². The summed E-state index contributed by atoms with van der Waals surface area (Å²) in [7, 11) is 1.23. The molecular formula is C19H24N2O7. The van der Waals surface area contributed by atoms with Gasteiger partial charge < -0.3 is 24.8 Å². The van der Waals surface area contributed by atoms with Crippen molar-refractivity contribution in [3.05, 3.63) is 24.3 Å². The first-order valence-electron chi connectivity index (χ1n) is 8.89. The number of hydrogen-bond donors (Lipinski definition) is 2. The fraction of sp³-hybridized carbons (Fsp3) is 0.474. The second-order valence-corrected chi connectivity index (χ2v) is 6.73. The van der Waals surface area contributed by atoms with E-state index in [0.29, 0.717) is 17.9 Å². The van der Waals surface area contributed by atoms with Crippen LogP contribution in [0.2, 0.25) is 0 Å². The van der Waals surface area contributed by atoms with E-state index in [1.165, 1.54) is 7.11 Å². The molecular weight excluding hydrogens is 368 g/mol. The van der Waals surface area contributed by atoms with Gasteiger partial charge in [-0.05, 0) is 24.5 Å². The Kier molecular flexibility index (Phi) is 7.36. The van der Waals surface area contributed by atoms with Crippen LogP contribution in [0.4, 0.5) is 5.69 Å². The van der Waals surface area contributed by atoms with Gasteiger partial charge in [-0.3, -0.25) is 14.4 Å². The summed E-state index contributed by atoms with van der Waals surface area (Å²) in [5.74, 6) is -1.84. The van der Waals surface area contributed by atoms with Gasteiger partial charge in [-0.15, -0.1) is 0 Å². The average Bonchev–Trinajstić information content (AvgIpc) is 2.65. The molecule has 0 aromatic heterocycles. The molecule has 0 saturated heterocycles. The molecule has 9 nitrogen and oxygen atoms in total. The third-order valence-electron chi connectivity index (χ3n) is 3.95. The molecule has 28 heavy (non-hydrogen) atoms. The van der Waals surface area contributed by atoms with Crippen molar-refractivity contribution in [3.8, 4) is 5.75 Å². The van der Waals surface area contributed by atoms with Gasteiger partial charge in [-0.25, -0.2) is 4.79 Å². The van der Waals surface area contributed by atoms with Gasteiger partial charge in [-0.2, -0.15) is 0 Å². The first-order chi connectivity index (χ1) is 13.3. The van der Waals surface area contributed by atoms with E-state index in [0.717, 1.165) is 0 Å². The Morgan fingerprint density at radius 3 is 2.64 bits per heavy atom. The number of fused-ring (bicyclic) bond motifs is 1. The van der Waals surface area contributed by atoms with E-state index in [2.05, 4.69) is 15.4 Å². The third kappa shape index (κ3) is 5.97. The second-order valence-electron chi connectivity index (χ2n) is 6.73. The van der Waals surface area contributed by atoms with Crippen LogP contribution in [0, 0.1) is 5.92 Å². The van der Waals surface area contributed by atoms with E-state index in [1.54, 1.807) is 24.3 Å². The molecule has 2 atom stereocenters. The number of nitrogens with one attached hydrogen (secondary N) is 2. The summed E-state index contributed by atoms with van der Waals surface area (Å²) < 4.78 is 15.1. The van der Waals surface area contributed by atoms with Crippen LogP contribution in [0.15, 0.2) is 24.3 Å². The van der Waals surface area contributed by atoms with Gasteiger partial charge >= 0.3 is 11.9 Å². The highest BCUT2D eigenvalue weighted by Crippen LogP contribution is 2.29. The van der Waals surface area contributed by atoms with Crippen LogP contribution in [0.5, 0.6) is 5.75 Å². The molecule has 2 amide bonds. The Bertz CT molecular complexity index is 748. The molecule has 1 heterocycles. The molecule has 0 saturated carbocycles. The third-order valence-corrected chi connectivity index (χ3v) is 3.95. The highest BCUT2D eigenvalue weighted by atomic mass is 16.5. The number of para-hydroxylation sites is 2. The first kappa shape index (κ1) is 21.2. The Morgan fingerprint density at radius 1 is 1.25 bits per heavy atom. The molecule has 9 heteroatoms. The minimum Gasteiger partial charge on any atom is -0.478 e. The second kappa shape index (κ2) is 9.72. The number of benzene rings is 1. The van der Waals surface area contributed by atoms with Crippen molar-refractivity contribution in [1.82, 2.24) is 5.32 Å². The van der Waals surface area contributed by atoms with Crippen LogP contribution in [0.3, 0.4) is 0 Å². The minimum absolute atomic E-state index is 0.150. The summed E-state index contributed by atoms with van der Waals surface area (Å²) in [6.07, 6.45) is -1.00. The number of amides is 2. The van der Waals surface area contributed by atoms with Crippen molar-refractivity contribution in [2.75, 3.05) is 19.0 Å². The van der Waals surface area contributed by atoms with Crippen molar-refractivity contribution in [1.29, 1.82) is 0 Å². The number of anilines is 1. The molecule has 0 unspecified atom stereocenters. The number of esters is 2. The number of rotatable bonds is 8. The zero-order valence-corrected chi connectivity index (χ0v) is 16.0. The minimum atomic E-state index is -1.05. The first-order valence-corrected chi connectivity index (χ1v) is 8.89. The molecule has 1 aliphatic heterocycles. The van der Waals surface area contributed by atoms with Crippen molar-refractivity contribution < 1.29 is 33.4 Å². The number of ether oxygens (including phenoxy) is 3. The van der Waals surface area contributed by atoms with Gasteiger partial charge in [-0.1, -0.05) is 26.0 Å². The van der Waals surface area contributed by atoms with Crippen LogP contribution >= 0.6 is 0 Å². The van der Waals surface area contributed by atoms with Crippen LogP contribution in [-0.2, 0) is 28.7 Å². The van der Waals surface area contributed by atoms with Gasteiger partial charge in [0.2, 0.25) is 0 Å². The van der Waals surface area contributed by atoms with Crippen molar-refractivity contribution >= 4 is 29.4 Å². The van der Waals surface area contributed by atoms with E-state index in [1.807, 2.05) is 13.8 Å². The van der Waals surface area contributed by atoms with Crippen molar-refractivity contribution in [2.24, 2.45) is 5.92 Å². The van der Waals surface area contributed by atoms with E-state index in [9.17, 15) is 19.2 Å². The van der Waals surface area contributed by atoms with Gasteiger partial charge in [0.05, 0.1) is 19.2 Å². The fourth-order valence-corrected chi connectivity index (χ4v) is 2.65. The normalized spacial score (nSPS) is 16.3. The molecule has 1 aromatic rings. The maximum atomic E-state index is 12.0. The summed E-state index contributed by atoms with van der Waals surface area (Å²) in [6.45, 7) is 3.22. The largest absolute Gasteiger partial charge is 0.478 e. The lowest BCUT2D eigenvalue weighted by Crippen LogP contribution is -2.44. The molecule has 2 N–H and O–H groups in total. The van der Waals surface area contributed by atoms with E-state index < -0.39 is 42.5 Å². The SMILES string of the molecule is COC(=O)[C@@H](CC(C)C)NC(=O)COC(=O)C[C@H]1Oc2ccccc2NC1=O. The maximum absolute atomic E-state index is 12.0. The average molecular weight is 392 g/mol. The molecule has 0 bridgehead atoms. The van der Waals surface area contributed by atoms with E-state index >= 15 is 0 Å². The maximum Gasteiger partial charge on any atom is 0.328 e. The Balaban J connectivity index is 1.82. The Labute approximate surface area is 162 Å². The van der Waals surface area contributed by atoms with Crippen LogP contribution < -0.4 is 15.4 Å². The quantitative estimate of drug-likeness (QED) is 0.634. The fourth-order valence-electron chi connectivity index (χ4n) is 2.65. The zero-order valence-electron chi connectivity index (χ0n) is 16.0. The van der Waals surface area contributed by atoms with Crippen LogP contribution in [0.25, 0.3) is 0 Å². The number of hydrogen-bond acceptors (Lipinski definition) is 7. The molecule has 2 rings (SSSR count). The smallest absolute Gasteiger partial charge is 0.328 e. The lowest BCUT2D eigenvalue weighted by molar-refractivity contribution is -0.152. The number of carbonyl (C=O) groups excluding carboxylic acids is 4. The van der Waals surface area contributed by atoms with Gasteiger partial charge in [0.25, 0.3) is 11.8 Å². The van der Waals surface area contributed by atoms with E-state index in [4.69, 9.17) is 9.47 Å². The van der Waals surface area contributed by atoms with Crippen molar-refractivity contribution in [3.63, 3.8) is 0 Å². The van der Waals surface area contributed by atoms with Crippen LogP contribution in [0.1, 0.15) is 26.7 Å². The van der Waals surface area contributed by atoms with Crippen molar-refractivity contribution in [2.45, 2.75) is 38.8 Å². The Hall–Kier alpha value is -3.10. The Morgan fingerprint density at radius 2 is 1.96 bits per heavy atom. The molecule has 1 aliphatic rings. The molecule has 0 spiro atoms. The standard InChI is InChI=1S/C19H24N2O7/c1-11(2)8-13(19(25)26-3)20-16(22)10-27-17(23)9-15-18(24)21-12-6-4-5-7-14(12)28-15/h4-7,11,13,15H,8-10H2,1-3H3,(H,20,22)(H,21,24)/t13-,15-/m1/s1. The predicted molar refractivity (Wildman–Crippen MR) is 98.5 cm³/mol.